The molecule has 36 heavy (non-hydrogen) atoms. The fourth-order valence-electron chi connectivity index (χ4n) is 4.25. The molecule has 3 aliphatic heterocycles. The number of morpholine rings is 1. The van der Waals surface area contributed by atoms with Gasteiger partial charge in [0.25, 0.3) is 0 Å². The van der Waals surface area contributed by atoms with E-state index >= 15 is 0 Å². The molecule has 0 saturated carbocycles. The van der Waals surface area contributed by atoms with Crippen molar-refractivity contribution in [2.45, 2.75) is 43.0 Å². The zero-order valence-corrected chi connectivity index (χ0v) is 23.3. The number of thioether (sulfide) groups is 1. The predicted molar refractivity (Wildman–Crippen MR) is 141 cm³/mol. The fraction of sp³-hybridized carbons (Fsp3) is 0.654. The quantitative estimate of drug-likeness (QED) is 0.411. The average molecular weight is 521 g/mol. The van der Waals surface area contributed by atoms with Gasteiger partial charge in [0.1, 0.15) is 16.0 Å². The number of nitriles is 1. The van der Waals surface area contributed by atoms with Gasteiger partial charge in [0, 0.05) is 13.1 Å². The number of hydrogen-bond acceptors (Lipinski definition) is 10. The summed E-state index contributed by atoms with van der Waals surface area (Å²) in [7, 11) is 7.54. The van der Waals surface area contributed by atoms with Gasteiger partial charge < -0.3 is 28.7 Å². The zero-order chi connectivity index (χ0) is 26.9. The number of rotatable bonds is 6. The topological polar surface area (TPSA) is 95.3 Å². The number of carbonyl (C=O) groups excluding carboxylic acids is 2. The van der Waals surface area contributed by atoms with Crippen LogP contribution in [0.1, 0.15) is 38.8 Å². The number of nitrogens with zero attached hydrogens (tertiary/aromatic N) is 4. The van der Waals surface area contributed by atoms with E-state index in [9.17, 15) is 14.9 Å². The maximum Gasteiger partial charge on any atom is 0.231 e. The molecule has 1 aromatic rings. The summed E-state index contributed by atoms with van der Waals surface area (Å²) in [4.78, 5) is 28.1. The van der Waals surface area contributed by atoms with Gasteiger partial charge in [-0.2, -0.15) is 5.26 Å². The second-order valence-electron chi connectivity index (χ2n) is 9.16. The van der Waals surface area contributed by atoms with Gasteiger partial charge in [-0.25, -0.2) is 0 Å². The van der Waals surface area contributed by atoms with Crippen molar-refractivity contribution in [2.24, 2.45) is 5.92 Å². The maximum absolute atomic E-state index is 12.2. The second-order valence-corrected chi connectivity index (χ2v) is 10.9. The lowest BCUT2D eigenvalue weighted by atomic mass is 9.94. The summed E-state index contributed by atoms with van der Waals surface area (Å²) in [6.45, 7) is 9.97. The highest BCUT2D eigenvalue weighted by molar-refractivity contribution is 8.03. The third-order valence-corrected chi connectivity index (χ3v) is 8.50. The van der Waals surface area contributed by atoms with Crippen LogP contribution in [0.15, 0.2) is 18.2 Å². The molecule has 4 unspecified atom stereocenters. The number of ether oxygens (including phenoxy) is 3. The van der Waals surface area contributed by atoms with Crippen LogP contribution in [0, 0.1) is 17.2 Å². The number of benzene rings is 1. The van der Waals surface area contributed by atoms with Crippen molar-refractivity contribution >= 4 is 24.3 Å². The highest BCUT2D eigenvalue weighted by atomic mass is 32.2. The summed E-state index contributed by atoms with van der Waals surface area (Å²) in [6, 6.07) is 7.64. The molecule has 0 spiro atoms. The van der Waals surface area contributed by atoms with Gasteiger partial charge in [-0.15, -0.1) is 11.8 Å². The minimum absolute atomic E-state index is 0.176. The molecule has 0 N–H and O–H groups in total. The molecule has 0 aliphatic carbocycles. The average Bonchev–Trinajstić information content (AvgIpc) is 3.47. The van der Waals surface area contributed by atoms with Crippen LogP contribution in [0.5, 0.6) is 11.5 Å². The Morgan fingerprint density at radius 3 is 2.31 bits per heavy atom. The maximum atomic E-state index is 12.2. The van der Waals surface area contributed by atoms with Gasteiger partial charge in [-0.1, -0.05) is 19.9 Å². The first-order chi connectivity index (χ1) is 17.2. The number of carbonyl (C=O) groups is 2. The summed E-state index contributed by atoms with van der Waals surface area (Å²) in [6.07, 6.45) is 2.04. The molecule has 4 rings (SSSR count). The first kappa shape index (κ1) is 30.1. The van der Waals surface area contributed by atoms with E-state index in [-0.39, 0.29) is 12.8 Å². The van der Waals surface area contributed by atoms with Crippen molar-refractivity contribution in [3.8, 4) is 17.6 Å². The molecular formula is C26H40N4O5S. The van der Waals surface area contributed by atoms with E-state index < -0.39 is 15.7 Å². The normalized spacial score (nSPS) is 27.1. The molecule has 4 atom stereocenters. The highest BCUT2D eigenvalue weighted by Crippen LogP contribution is 2.53. The molecule has 3 aliphatic rings. The number of likely N-dealkylation sites (N-methyl/N-ethyl adjacent to an activating group) is 3. The van der Waals surface area contributed by atoms with Crippen molar-refractivity contribution in [1.29, 1.82) is 5.26 Å². The molecule has 0 radical (unpaired) electrons. The van der Waals surface area contributed by atoms with Gasteiger partial charge in [-0.3, -0.25) is 9.80 Å². The Morgan fingerprint density at radius 1 is 1.17 bits per heavy atom. The van der Waals surface area contributed by atoms with E-state index in [2.05, 4.69) is 18.0 Å². The third-order valence-electron chi connectivity index (χ3n) is 6.72. The Labute approximate surface area is 219 Å². The third kappa shape index (κ3) is 6.58. The monoisotopic (exact) mass is 520 g/mol. The number of likely N-dealkylation sites (tertiary alicyclic amines) is 1. The van der Waals surface area contributed by atoms with Crippen molar-refractivity contribution in [2.75, 3.05) is 61.3 Å². The Balaban J connectivity index is 0.000000431. The van der Waals surface area contributed by atoms with Gasteiger partial charge in [0.2, 0.25) is 6.79 Å². The first-order valence-corrected chi connectivity index (χ1v) is 13.1. The van der Waals surface area contributed by atoms with E-state index in [4.69, 9.17) is 14.2 Å². The van der Waals surface area contributed by atoms with Gasteiger partial charge in [0.05, 0.1) is 31.2 Å². The van der Waals surface area contributed by atoms with Crippen molar-refractivity contribution in [3.05, 3.63) is 23.8 Å². The van der Waals surface area contributed by atoms with Gasteiger partial charge >= 0.3 is 0 Å². The molecular weight excluding hydrogens is 480 g/mol. The van der Waals surface area contributed by atoms with E-state index in [0.29, 0.717) is 17.9 Å². The van der Waals surface area contributed by atoms with Crippen LogP contribution in [0.3, 0.4) is 0 Å². The number of fused-ring (bicyclic) bond motifs is 1. The summed E-state index contributed by atoms with van der Waals surface area (Å²) in [5.74, 6) is 0.913. The molecule has 200 valence electrons. The van der Waals surface area contributed by atoms with Crippen LogP contribution < -0.4 is 9.47 Å². The largest absolute Gasteiger partial charge is 0.454 e. The first-order valence-electron chi connectivity index (χ1n) is 12.3. The predicted octanol–water partition coefficient (Wildman–Crippen LogP) is 3.01. The minimum Gasteiger partial charge on any atom is -0.454 e. The highest BCUT2D eigenvalue weighted by Gasteiger charge is 2.54. The van der Waals surface area contributed by atoms with Crippen LogP contribution in [-0.2, 0) is 14.3 Å². The van der Waals surface area contributed by atoms with Crippen LogP contribution in [-0.4, -0.2) is 98.3 Å². The smallest absolute Gasteiger partial charge is 0.231 e. The van der Waals surface area contributed by atoms with E-state index in [1.807, 2.05) is 44.0 Å². The van der Waals surface area contributed by atoms with Crippen LogP contribution in [0.2, 0.25) is 0 Å². The van der Waals surface area contributed by atoms with Crippen molar-refractivity contribution < 1.29 is 23.8 Å². The summed E-state index contributed by atoms with van der Waals surface area (Å²) >= 11 is 1.27. The van der Waals surface area contributed by atoms with Crippen LogP contribution in [0.25, 0.3) is 0 Å². The van der Waals surface area contributed by atoms with E-state index in [0.717, 1.165) is 44.4 Å². The Kier molecular flexibility index (Phi) is 11.2. The number of aldehydes is 2. The van der Waals surface area contributed by atoms with Crippen LogP contribution in [0.4, 0.5) is 0 Å². The molecule has 10 heteroatoms. The van der Waals surface area contributed by atoms with E-state index in [1.54, 1.807) is 25.9 Å². The molecule has 2 fully saturated rings. The molecule has 3 heterocycles. The Hall–Kier alpha value is -2.16. The summed E-state index contributed by atoms with van der Waals surface area (Å²) in [5.41, 5.74) is 0.885. The lowest BCUT2D eigenvalue weighted by molar-refractivity contribution is -0.113. The Morgan fingerprint density at radius 2 is 1.81 bits per heavy atom. The number of hydrogen-bond donors (Lipinski definition) is 0. The molecule has 0 amide bonds. The molecule has 0 bridgehead atoms. The van der Waals surface area contributed by atoms with Gasteiger partial charge in [0.15, 0.2) is 17.8 Å². The van der Waals surface area contributed by atoms with Gasteiger partial charge in [-0.05, 0) is 59.2 Å². The Bertz CT molecular complexity index is 920. The molecule has 0 aromatic heterocycles. The molecule has 9 nitrogen and oxygen atoms in total. The lowest BCUT2D eigenvalue weighted by Crippen LogP contribution is -2.49. The zero-order valence-electron chi connectivity index (χ0n) is 22.5. The standard InChI is InChI=1S/C19H23N3O4S.C5H11NO.C2H6/c1-18(10-23,21(2)3)27-19(11-24)8-14(9-20)17(22(19)4)13-5-6-15-16(7-13)26-12-25-15;1-6-2-4-7-5-3-6;1-2/h5-7,10-11,14,17H,8,12H2,1-4H3;2-5H2,1H3;1-2H3. The lowest BCUT2D eigenvalue weighted by Gasteiger charge is -2.41. The second kappa shape index (κ2) is 13.4. The van der Waals surface area contributed by atoms with Crippen molar-refractivity contribution in [1.82, 2.24) is 14.7 Å². The minimum atomic E-state index is -0.985. The molecule has 2 saturated heterocycles. The summed E-state index contributed by atoms with van der Waals surface area (Å²) in [5, 5.41) is 9.76. The fourth-order valence-corrected chi connectivity index (χ4v) is 5.76. The molecule has 1 aromatic carbocycles. The van der Waals surface area contributed by atoms with E-state index in [1.165, 1.54) is 11.8 Å². The van der Waals surface area contributed by atoms with Crippen LogP contribution >= 0.6 is 11.8 Å². The summed E-state index contributed by atoms with van der Waals surface area (Å²) < 4.78 is 15.9. The van der Waals surface area contributed by atoms with Crippen molar-refractivity contribution in [3.63, 3.8) is 0 Å². The SMILES string of the molecule is CC.CN(C)C(C)(C=O)SC1(C=O)CC(C#N)C(c2ccc3c(c2)OCO3)N1C.CN1CCOCC1.